The van der Waals surface area contributed by atoms with Gasteiger partial charge in [-0.1, -0.05) is 6.92 Å². The highest BCUT2D eigenvalue weighted by Gasteiger charge is 2.34. The van der Waals surface area contributed by atoms with Crippen LogP contribution >= 0.6 is 11.3 Å². The first kappa shape index (κ1) is 13.4. The highest BCUT2D eigenvalue weighted by atomic mass is 32.1. The molecule has 0 radical (unpaired) electrons. The number of nitrogens with one attached hydrogen (secondary N) is 1. The standard InChI is InChI=1S/C9H13F3N2OS/c1-2-6(13-3-4-15)8-14-7(5-16-8)9(10,11)12/h5-6,13,15H,2-4H2,1H3. The van der Waals surface area contributed by atoms with Crippen LogP contribution in [0.5, 0.6) is 0 Å². The predicted octanol–water partition coefficient (Wildman–Crippen LogP) is 2.19. The molecule has 0 aliphatic rings. The fourth-order valence-corrected chi connectivity index (χ4v) is 2.21. The Balaban J connectivity index is 2.75. The molecule has 2 N–H and O–H groups in total. The van der Waals surface area contributed by atoms with Gasteiger partial charge >= 0.3 is 6.18 Å². The van der Waals surface area contributed by atoms with Crippen molar-refractivity contribution in [3.63, 3.8) is 0 Å². The summed E-state index contributed by atoms with van der Waals surface area (Å²) in [5, 5.41) is 13.0. The molecule has 1 aromatic heterocycles. The van der Waals surface area contributed by atoms with Crippen molar-refractivity contribution in [3.8, 4) is 0 Å². The quantitative estimate of drug-likeness (QED) is 0.846. The van der Waals surface area contributed by atoms with Crippen LogP contribution in [0.3, 0.4) is 0 Å². The average molecular weight is 254 g/mol. The zero-order valence-corrected chi connectivity index (χ0v) is 9.53. The van der Waals surface area contributed by atoms with Crippen molar-refractivity contribution in [3.05, 3.63) is 16.1 Å². The Morgan fingerprint density at radius 3 is 2.69 bits per heavy atom. The molecular weight excluding hydrogens is 241 g/mol. The Labute approximate surface area is 95.3 Å². The van der Waals surface area contributed by atoms with E-state index in [1.54, 1.807) is 0 Å². The maximum atomic E-state index is 12.3. The smallest absolute Gasteiger partial charge is 0.395 e. The summed E-state index contributed by atoms with van der Waals surface area (Å²) in [7, 11) is 0. The monoisotopic (exact) mass is 254 g/mol. The Bertz CT molecular complexity index is 327. The molecule has 7 heteroatoms. The lowest BCUT2D eigenvalue weighted by molar-refractivity contribution is -0.140. The SMILES string of the molecule is CCC(NCCO)c1nc(C(F)(F)F)cs1. The first-order chi connectivity index (χ1) is 7.49. The second-order valence-electron chi connectivity index (χ2n) is 3.21. The summed E-state index contributed by atoms with van der Waals surface area (Å²) in [6, 6.07) is -0.228. The van der Waals surface area contributed by atoms with Crippen LogP contribution in [0.1, 0.15) is 30.1 Å². The Kier molecular flexibility index (Phi) is 4.69. The number of thiazole rings is 1. The van der Waals surface area contributed by atoms with Gasteiger partial charge in [-0.25, -0.2) is 4.98 Å². The van der Waals surface area contributed by atoms with Crippen molar-refractivity contribution in [1.82, 2.24) is 10.3 Å². The average Bonchev–Trinajstić information content (AvgIpc) is 2.68. The van der Waals surface area contributed by atoms with Crippen LogP contribution in [0, 0.1) is 0 Å². The number of rotatable bonds is 5. The molecule has 3 nitrogen and oxygen atoms in total. The molecule has 1 unspecified atom stereocenters. The second-order valence-corrected chi connectivity index (χ2v) is 4.10. The maximum absolute atomic E-state index is 12.3. The minimum absolute atomic E-state index is 0.0476. The minimum Gasteiger partial charge on any atom is -0.395 e. The van der Waals surface area contributed by atoms with Crippen molar-refractivity contribution in [1.29, 1.82) is 0 Å². The number of aliphatic hydroxyl groups excluding tert-OH is 1. The summed E-state index contributed by atoms with van der Waals surface area (Å²) in [5.74, 6) is 0. The first-order valence-electron chi connectivity index (χ1n) is 4.86. The summed E-state index contributed by atoms with van der Waals surface area (Å²) in [4.78, 5) is 3.55. The van der Waals surface area contributed by atoms with E-state index in [0.29, 0.717) is 18.0 Å². The van der Waals surface area contributed by atoms with Gasteiger partial charge in [0.15, 0.2) is 5.69 Å². The van der Waals surface area contributed by atoms with E-state index in [9.17, 15) is 13.2 Å². The number of hydrogen-bond acceptors (Lipinski definition) is 4. The number of nitrogens with zero attached hydrogens (tertiary/aromatic N) is 1. The van der Waals surface area contributed by atoms with Crippen LogP contribution in [0.4, 0.5) is 13.2 Å². The third kappa shape index (κ3) is 3.43. The van der Waals surface area contributed by atoms with Crippen LogP contribution < -0.4 is 5.32 Å². The molecular formula is C9H13F3N2OS. The molecule has 1 rings (SSSR count). The fourth-order valence-electron chi connectivity index (χ4n) is 1.22. The number of aliphatic hydroxyl groups is 1. The van der Waals surface area contributed by atoms with E-state index in [1.807, 2.05) is 6.92 Å². The zero-order chi connectivity index (χ0) is 12.2. The number of halogens is 3. The molecule has 1 aromatic rings. The Hall–Kier alpha value is -0.660. The van der Waals surface area contributed by atoms with Gasteiger partial charge in [0.2, 0.25) is 0 Å². The van der Waals surface area contributed by atoms with Crippen molar-refractivity contribution in [2.24, 2.45) is 0 Å². The molecule has 0 aromatic carbocycles. The van der Waals surface area contributed by atoms with Gasteiger partial charge < -0.3 is 10.4 Å². The van der Waals surface area contributed by atoms with Gasteiger partial charge in [-0.15, -0.1) is 11.3 Å². The molecule has 1 heterocycles. The molecule has 1 atom stereocenters. The van der Waals surface area contributed by atoms with E-state index >= 15 is 0 Å². The topological polar surface area (TPSA) is 45.1 Å². The van der Waals surface area contributed by atoms with Crippen LogP contribution in [0.2, 0.25) is 0 Å². The molecule has 0 aliphatic carbocycles. The summed E-state index contributed by atoms with van der Waals surface area (Å²) < 4.78 is 36.9. The fraction of sp³-hybridized carbons (Fsp3) is 0.667. The van der Waals surface area contributed by atoms with E-state index < -0.39 is 11.9 Å². The molecule has 0 bridgehead atoms. The number of aromatic nitrogens is 1. The summed E-state index contributed by atoms with van der Waals surface area (Å²) in [5.41, 5.74) is -0.850. The van der Waals surface area contributed by atoms with Gasteiger partial charge in [0.25, 0.3) is 0 Å². The van der Waals surface area contributed by atoms with E-state index in [1.165, 1.54) is 0 Å². The summed E-state index contributed by atoms with van der Waals surface area (Å²) in [6.07, 6.45) is -3.76. The normalized spacial score (nSPS) is 14.1. The number of alkyl halides is 3. The van der Waals surface area contributed by atoms with Crippen LogP contribution in [0.25, 0.3) is 0 Å². The highest BCUT2D eigenvalue weighted by molar-refractivity contribution is 7.09. The third-order valence-corrected chi connectivity index (χ3v) is 2.98. The zero-order valence-electron chi connectivity index (χ0n) is 8.71. The van der Waals surface area contributed by atoms with Crippen molar-refractivity contribution in [2.75, 3.05) is 13.2 Å². The van der Waals surface area contributed by atoms with Crippen molar-refractivity contribution in [2.45, 2.75) is 25.6 Å². The summed E-state index contributed by atoms with van der Waals surface area (Å²) >= 11 is 0.984. The molecule has 0 fully saturated rings. The number of hydrogen-bond donors (Lipinski definition) is 2. The lowest BCUT2D eigenvalue weighted by atomic mass is 10.2. The van der Waals surface area contributed by atoms with E-state index in [2.05, 4.69) is 10.3 Å². The van der Waals surface area contributed by atoms with E-state index in [0.717, 1.165) is 16.7 Å². The molecule has 92 valence electrons. The van der Waals surface area contributed by atoms with Gasteiger partial charge in [0.1, 0.15) is 5.01 Å². The molecule has 0 amide bonds. The summed E-state index contributed by atoms with van der Waals surface area (Å²) in [6.45, 7) is 2.15. The van der Waals surface area contributed by atoms with Crippen LogP contribution in [-0.4, -0.2) is 23.2 Å². The van der Waals surface area contributed by atoms with Crippen LogP contribution in [-0.2, 0) is 6.18 Å². The highest BCUT2D eigenvalue weighted by Crippen LogP contribution is 2.32. The van der Waals surface area contributed by atoms with E-state index in [-0.39, 0.29) is 12.6 Å². The van der Waals surface area contributed by atoms with Gasteiger partial charge in [0.05, 0.1) is 12.6 Å². The predicted molar refractivity (Wildman–Crippen MR) is 55.2 cm³/mol. The van der Waals surface area contributed by atoms with E-state index in [4.69, 9.17) is 5.11 Å². The first-order valence-corrected chi connectivity index (χ1v) is 5.73. The van der Waals surface area contributed by atoms with Crippen molar-refractivity contribution < 1.29 is 18.3 Å². The molecule has 0 spiro atoms. The largest absolute Gasteiger partial charge is 0.434 e. The Morgan fingerprint density at radius 2 is 2.25 bits per heavy atom. The lowest BCUT2D eigenvalue weighted by Crippen LogP contribution is -2.24. The van der Waals surface area contributed by atoms with Gasteiger partial charge in [-0.2, -0.15) is 13.2 Å². The van der Waals surface area contributed by atoms with Gasteiger partial charge in [0, 0.05) is 11.9 Å². The molecule has 0 saturated carbocycles. The van der Waals surface area contributed by atoms with Gasteiger partial charge in [-0.3, -0.25) is 0 Å². The molecule has 16 heavy (non-hydrogen) atoms. The van der Waals surface area contributed by atoms with Crippen molar-refractivity contribution >= 4 is 11.3 Å². The van der Waals surface area contributed by atoms with Gasteiger partial charge in [-0.05, 0) is 6.42 Å². The maximum Gasteiger partial charge on any atom is 0.434 e. The van der Waals surface area contributed by atoms with Crippen LogP contribution in [0.15, 0.2) is 5.38 Å². The molecule has 0 aliphatic heterocycles. The lowest BCUT2D eigenvalue weighted by Gasteiger charge is -2.13. The second kappa shape index (κ2) is 5.60. The minimum atomic E-state index is -4.38. The molecule has 0 saturated heterocycles. The Morgan fingerprint density at radius 1 is 1.56 bits per heavy atom. The third-order valence-electron chi connectivity index (χ3n) is 2.02.